The quantitative estimate of drug-likeness (QED) is 0.347. The molecule has 0 unspecified atom stereocenters. The van der Waals surface area contributed by atoms with Crippen LogP contribution >= 0.6 is 65.6 Å². The minimum absolute atomic E-state index is 0. The van der Waals surface area contributed by atoms with Gasteiger partial charge in [-0.1, -0.05) is 0 Å². The molecule has 0 bridgehead atoms. The second-order valence-electron chi connectivity index (χ2n) is 6.14. The Labute approximate surface area is 213 Å². The molecule has 12 heteroatoms. The Bertz CT molecular complexity index is 1030. The lowest BCUT2D eigenvalue weighted by molar-refractivity contribution is 0.742. The molecular weight excluding hydrogens is 552 g/mol. The van der Waals surface area contributed by atoms with Crippen LogP contribution in [0.5, 0.6) is 0 Å². The van der Waals surface area contributed by atoms with Crippen molar-refractivity contribution >= 4 is 71.5 Å². The second-order valence-corrected chi connectivity index (χ2v) is 6.99. The number of aryl methyl sites for hydroxylation is 1. The van der Waals surface area contributed by atoms with Crippen molar-refractivity contribution in [1.82, 2.24) is 19.9 Å². The standard InChI is InChI=1S/C19H20BrN5O2.4ClH/c20-15-4-3-8-21-16(15)5-1-2-7-23-19-24-12-14(18(27)25-19)10-13-6-9-22-17(26)11-13;;;;/h3-4,6,8-9,11-12H,1-2,5,7,10H2,(H,22,26)(H2,23,24,25,27);4*1H. The van der Waals surface area contributed by atoms with Crippen LogP contribution in [0.15, 0.2) is 56.9 Å². The fraction of sp³-hybridized carbons (Fsp3) is 0.263. The first kappa shape index (κ1) is 31.6. The van der Waals surface area contributed by atoms with Crippen molar-refractivity contribution in [3.05, 3.63) is 84.9 Å². The first-order chi connectivity index (χ1) is 13.1. The average molecular weight is 576 g/mol. The summed E-state index contributed by atoms with van der Waals surface area (Å²) in [6, 6.07) is 7.14. The smallest absolute Gasteiger partial charge is 0.255 e. The first-order valence-electron chi connectivity index (χ1n) is 8.71. The third kappa shape index (κ3) is 10.1. The third-order valence-corrected chi connectivity index (χ3v) is 4.80. The van der Waals surface area contributed by atoms with E-state index >= 15 is 0 Å². The fourth-order valence-electron chi connectivity index (χ4n) is 2.68. The van der Waals surface area contributed by atoms with E-state index in [1.54, 1.807) is 24.7 Å². The number of rotatable bonds is 8. The number of aromatic nitrogens is 4. The zero-order chi connectivity index (χ0) is 19.1. The van der Waals surface area contributed by atoms with E-state index in [1.807, 2.05) is 12.1 Å². The highest BCUT2D eigenvalue weighted by atomic mass is 79.9. The Hall–Kier alpha value is -1.58. The summed E-state index contributed by atoms with van der Waals surface area (Å²) in [6.07, 6.45) is 8.08. The van der Waals surface area contributed by atoms with Crippen LogP contribution in [0.3, 0.4) is 0 Å². The van der Waals surface area contributed by atoms with E-state index in [0.29, 0.717) is 24.5 Å². The summed E-state index contributed by atoms with van der Waals surface area (Å²) in [4.78, 5) is 37.4. The lowest BCUT2D eigenvalue weighted by atomic mass is 10.1. The molecule has 0 saturated carbocycles. The predicted molar refractivity (Wildman–Crippen MR) is 137 cm³/mol. The van der Waals surface area contributed by atoms with Gasteiger partial charge in [-0.2, -0.15) is 0 Å². The number of nitrogens with zero attached hydrogens (tertiary/aromatic N) is 2. The molecule has 0 saturated heterocycles. The van der Waals surface area contributed by atoms with Gasteiger partial charge in [-0.15, -0.1) is 49.6 Å². The van der Waals surface area contributed by atoms with Crippen molar-refractivity contribution in [2.45, 2.75) is 25.7 Å². The van der Waals surface area contributed by atoms with E-state index in [0.717, 1.165) is 35.0 Å². The van der Waals surface area contributed by atoms with Crippen molar-refractivity contribution in [1.29, 1.82) is 0 Å². The summed E-state index contributed by atoms with van der Waals surface area (Å²) >= 11 is 3.50. The lowest BCUT2D eigenvalue weighted by Crippen LogP contribution is -2.18. The van der Waals surface area contributed by atoms with Crippen LogP contribution in [-0.4, -0.2) is 26.5 Å². The SMILES string of the molecule is Cl.Cl.Cl.Cl.O=c1cc(Cc2cnc(NCCCCc3ncccc3Br)[nH]c2=O)cc[nH]1. The average Bonchev–Trinajstić information content (AvgIpc) is 2.65. The molecule has 0 atom stereocenters. The number of anilines is 1. The Balaban J connectivity index is 0. The highest BCUT2D eigenvalue weighted by Gasteiger charge is 2.05. The van der Waals surface area contributed by atoms with Gasteiger partial charge < -0.3 is 10.3 Å². The van der Waals surface area contributed by atoms with Crippen LogP contribution in [0.25, 0.3) is 0 Å². The summed E-state index contributed by atoms with van der Waals surface area (Å²) in [7, 11) is 0. The van der Waals surface area contributed by atoms with Crippen LogP contribution in [0.1, 0.15) is 29.7 Å². The maximum Gasteiger partial charge on any atom is 0.255 e. The topological polar surface area (TPSA) is 104 Å². The number of hydrogen-bond donors (Lipinski definition) is 3. The highest BCUT2D eigenvalue weighted by molar-refractivity contribution is 9.10. The van der Waals surface area contributed by atoms with Gasteiger partial charge in [-0.25, -0.2) is 4.98 Å². The molecule has 7 nitrogen and oxygen atoms in total. The Morgan fingerprint density at radius 2 is 1.81 bits per heavy atom. The summed E-state index contributed by atoms with van der Waals surface area (Å²) in [5, 5.41) is 3.13. The number of pyridine rings is 2. The number of unbranched alkanes of at least 4 members (excludes halogenated alkanes) is 1. The van der Waals surface area contributed by atoms with E-state index in [9.17, 15) is 9.59 Å². The van der Waals surface area contributed by atoms with Gasteiger partial charge in [0.05, 0.1) is 5.69 Å². The zero-order valence-electron chi connectivity index (χ0n) is 16.3. The fourth-order valence-corrected chi connectivity index (χ4v) is 3.14. The van der Waals surface area contributed by atoms with Crippen molar-refractivity contribution in [3.63, 3.8) is 0 Å². The molecule has 3 N–H and O–H groups in total. The summed E-state index contributed by atoms with van der Waals surface area (Å²) < 4.78 is 1.03. The normalized spacial score (nSPS) is 9.32. The van der Waals surface area contributed by atoms with Crippen LogP contribution in [-0.2, 0) is 12.8 Å². The largest absolute Gasteiger partial charge is 0.356 e. The number of halogens is 5. The summed E-state index contributed by atoms with van der Waals surface area (Å²) in [6.45, 7) is 0.709. The van der Waals surface area contributed by atoms with E-state index in [4.69, 9.17) is 0 Å². The molecular formula is C19H24BrCl4N5O2. The number of H-pyrrole nitrogens is 2. The van der Waals surface area contributed by atoms with Gasteiger partial charge in [0, 0.05) is 47.7 Å². The molecule has 0 amide bonds. The Kier molecular flexibility index (Phi) is 16.4. The lowest BCUT2D eigenvalue weighted by Gasteiger charge is -2.07. The van der Waals surface area contributed by atoms with Crippen molar-refractivity contribution < 1.29 is 0 Å². The third-order valence-electron chi connectivity index (χ3n) is 4.07. The van der Waals surface area contributed by atoms with Crippen molar-refractivity contribution in [3.8, 4) is 0 Å². The van der Waals surface area contributed by atoms with Crippen molar-refractivity contribution in [2.24, 2.45) is 0 Å². The minimum atomic E-state index is -0.204. The number of aromatic amines is 2. The van der Waals surface area contributed by atoms with E-state index < -0.39 is 0 Å². The zero-order valence-corrected chi connectivity index (χ0v) is 21.2. The van der Waals surface area contributed by atoms with Gasteiger partial charge >= 0.3 is 0 Å². The minimum Gasteiger partial charge on any atom is -0.356 e. The van der Waals surface area contributed by atoms with Crippen LogP contribution < -0.4 is 16.4 Å². The molecule has 0 radical (unpaired) electrons. The molecule has 3 rings (SSSR count). The van der Waals surface area contributed by atoms with Gasteiger partial charge in [-0.3, -0.25) is 19.6 Å². The summed E-state index contributed by atoms with van der Waals surface area (Å²) in [5.41, 5.74) is 1.95. The molecule has 0 aliphatic heterocycles. The van der Waals surface area contributed by atoms with Crippen LogP contribution in [0, 0.1) is 0 Å². The molecule has 172 valence electrons. The number of nitrogens with one attached hydrogen (secondary N) is 3. The molecule has 0 spiro atoms. The molecule has 3 aromatic rings. The van der Waals surface area contributed by atoms with Gasteiger partial charge in [0.1, 0.15) is 0 Å². The molecule has 0 fully saturated rings. The van der Waals surface area contributed by atoms with Gasteiger partial charge in [0.25, 0.3) is 5.56 Å². The van der Waals surface area contributed by atoms with E-state index in [-0.39, 0.29) is 60.7 Å². The molecule has 0 aromatic carbocycles. The maximum absolute atomic E-state index is 12.2. The van der Waals surface area contributed by atoms with E-state index in [1.165, 1.54) is 6.07 Å². The highest BCUT2D eigenvalue weighted by Crippen LogP contribution is 2.15. The molecule has 31 heavy (non-hydrogen) atoms. The Morgan fingerprint density at radius 1 is 1.03 bits per heavy atom. The monoisotopic (exact) mass is 573 g/mol. The molecule has 3 aromatic heterocycles. The van der Waals surface area contributed by atoms with Gasteiger partial charge in [0.15, 0.2) is 0 Å². The maximum atomic E-state index is 12.2. The van der Waals surface area contributed by atoms with Crippen molar-refractivity contribution in [2.75, 3.05) is 11.9 Å². The predicted octanol–water partition coefficient (Wildman–Crippen LogP) is 4.33. The van der Waals surface area contributed by atoms with Crippen LogP contribution in [0.4, 0.5) is 5.95 Å². The molecule has 0 aliphatic carbocycles. The van der Waals surface area contributed by atoms with Crippen LogP contribution in [0.2, 0.25) is 0 Å². The second kappa shape index (κ2) is 16.1. The van der Waals surface area contributed by atoms with Gasteiger partial charge in [0.2, 0.25) is 11.5 Å². The summed E-state index contributed by atoms with van der Waals surface area (Å²) in [5.74, 6) is 0.452. The number of hydrogen-bond acceptors (Lipinski definition) is 5. The van der Waals surface area contributed by atoms with E-state index in [2.05, 4.69) is 41.2 Å². The van der Waals surface area contributed by atoms with Gasteiger partial charge in [-0.05, 0) is 59.0 Å². The molecule has 3 heterocycles. The molecule has 0 aliphatic rings. The first-order valence-corrected chi connectivity index (χ1v) is 9.50. The Morgan fingerprint density at radius 3 is 2.48 bits per heavy atom.